The summed E-state index contributed by atoms with van der Waals surface area (Å²) < 4.78 is 17.0. The van der Waals surface area contributed by atoms with Crippen LogP contribution in [0.3, 0.4) is 0 Å². The number of rotatable bonds is 66. The van der Waals surface area contributed by atoms with Crippen LogP contribution in [0.4, 0.5) is 0 Å². The third-order valence-electron chi connectivity index (χ3n) is 15.9. The number of ether oxygens (including phenoxy) is 3. The van der Waals surface area contributed by atoms with Crippen LogP contribution in [0.25, 0.3) is 0 Å². The molecule has 0 saturated heterocycles. The summed E-state index contributed by atoms with van der Waals surface area (Å²) in [6, 6.07) is 0. The fourth-order valence-corrected chi connectivity index (χ4v) is 10.5. The second kappa shape index (κ2) is 71.1. The fourth-order valence-electron chi connectivity index (χ4n) is 10.5. The Morgan fingerprint density at radius 1 is 0.253 bits per heavy atom. The highest BCUT2D eigenvalue weighted by Crippen LogP contribution is 2.18. The Bertz CT molecular complexity index is 1570. The number of esters is 3. The van der Waals surface area contributed by atoms with Gasteiger partial charge in [0.2, 0.25) is 0 Å². The lowest BCUT2D eigenvalue weighted by molar-refractivity contribution is -0.167. The molecule has 0 aliphatic carbocycles. The predicted octanol–water partition coefficient (Wildman–Crippen LogP) is 25.0. The molecule has 0 aromatic carbocycles. The number of unbranched alkanes of at least 4 members (excludes halogenated alkanes) is 41. The van der Waals surface area contributed by atoms with Crippen molar-refractivity contribution in [2.24, 2.45) is 0 Å². The number of carbonyl (C=O) groups excluding carboxylic acids is 3. The smallest absolute Gasteiger partial charge is 0.306 e. The van der Waals surface area contributed by atoms with Gasteiger partial charge in [-0.15, -0.1) is 0 Å². The average Bonchev–Trinajstić information content (AvgIpc) is 3.49. The van der Waals surface area contributed by atoms with Crippen LogP contribution in [-0.2, 0) is 28.6 Å². The Balaban J connectivity index is 4.17. The van der Waals surface area contributed by atoms with Gasteiger partial charge in [0.25, 0.3) is 0 Å². The Morgan fingerprint density at radius 3 is 0.747 bits per heavy atom. The first-order valence-electron chi connectivity index (χ1n) is 36.1. The molecule has 0 aromatic heterocycles. The molecule has 0 N–H and O–H groups in total. The zero-order valence-corrected chi connectivity index (χ0v) is 55.2. The molecule has 0 rings (SSSR count). The van der Waals surface area contributed by atoms with Crippen molar-refractivity contribution in [3.05, 3.63) is 85.1 Å². The lowest BCUT2D eigenvalue weighted by atomic mass is 10.0. The number of carbonyl (C=O) groups is 3. The molecule has 83 heavy (non-hydrogen) atoms. The largest absolute Gasteiger partial charge is 0.462 e. The van der Waals surface area contributed by atoms with E-state index in [9.17, 15) is 14.4 Å². The highest BCUT2D eigenvalue weighted by molar-refractivity contribution is 5.71. The average molecular weight is 1160 g/mol. The molecule has 1 unspecified atom stereocenters. The van der Waals surface area contributed by atoms with Gasteiger partial charge in [0.1, 0.15) is 13.2 Å². The van der Waals surface area contributed by atoms with E-state index >= 15 is 0 Å². The summed E-state index contributed by atoms with van der Waals surface area (Å²) in [6.45, 7) is 6.44. The molecule has 0 bridgehead atoms. The second-order valence-corrected chi connectivity index (χ2v) is 24.1. The first-order chi connectivity index (χ1) is 41.0. The van der Waals surface area contributed by atoms with E-state index in [1.165, 1.54) is 205 Å². The van der Waals surface area contributed by atoms with Gasteiger partial charge in [0.05, 0.1) is 0 Å². The quantitative estimate of drug-likeness (QED) is 0.0261. The zero-order valence-electron chi connectivity index (χ0n) is 55.2. The van der Waals surface area contributed by atoms with Gasteiger partial charge >= 0.3 is 17.9 Å². The summed E-state index contributed by atoms with van der Waals surface area (Å²) in [7, 11) is 0. The highest BCUT2D eigenvalue weighted by atomic mass is 16.6. The fraction of sp³-hybridized carbons (Fsp3) is 0.779. The number of hydrogen-bond donors (Lipinski definition) is 0. The van der Waals surface area contributed by atoms with Crippen LogP contribution < -0.4 is 0 Å². The first-order valence-corrected chi connectivity index (χ1v) is 36.1. The molecule has 0 saturated carbocycles. The maximum absolute atomic E-state index is 12.9. The monoisotopic (exact) mass is 1160 g/mol. The van der Waals surface area contributed by atoms with Gasteiger partial charge in [0.15, 0.2) is 6.10 Å². The Labute approximate surface area is 515 Å². The van der Waals surface area contributed by atoms with Crippen molar-refractivity contribution in [2.45, 2.75) is 374 Å². The van der Waals surface area contributed by atoms with Crippen molar-refractivity contribution < 1.29 is 28.6 Å². The molecule has 0 heterocycles. The molecule has 6 nitrogen and oxygen atoms in total. The summed E-state index contributed by atoms with van der Waals surface area (Å²) in [6.07, 6.45) is 94.9. The van der Waals surface area contributed by atoms with Crippen LogP contribution in [0, 0.1) is 0 Å². The molecule has 0 fully saturated rings. The van der Waals surface area contributed by atoms with Gasteiger partial charge in [-0.25, -0.2) is 0 Å². The zero-order chi connectivity index (χ0) is 59.9. The second-order valence-electron chi connectivity index (χ2n) is 24.1. The van der Waals surface area contributed by atoms with Crippen LogP contribution in [0.1, 0.15) is 367 Å². The Kier molecular flexibility index (Phi) is 68.2. The van der Waals surface area contributed by atoms with Crippen LogP contribution in [0.15, 0.2) is 85.1 Å². The van der Waals surface area contributed by atoms with E-state index in [1.54, 1.807) is 0 Å². The minimum absolute atomic E-state index is 0.0836. The third kappa shape index (κ3) is 69.3. The minimum Gasteiger partial charge on any atom is -0.462 e. The van der Waals surface area contributed by atoms with Gasteiger partial charge in [0, 0.05) is 19.3 Å². The Hall–Kier alpha value is -3.41. The van der Waals surface area contributed by atoms with E-state index in [2.05, 4.69) is 106 Å². The summed E-state index contributed by atoms with van der Waals surface area (Å²) in [5, 5.41) is 0. The predicted molar refractivity (Wildman–Crippen MR) is 362 cm³/mol. The molecule has 480 valence electrons. The maximum atomic E-state index is 12.9. The number of allylic oxidation sites excluding steroid dienone is 14. The van der Waals surface area contributed by atoms with Crippen molar-refractivity contribution in [3.63, 3.8) is 0 Å². The van der Waals surface area contributed by atoms with E-state index in [0.717, 1.165) is 122 Å². The molecule has 1 atom stereocenters. The SMILES string of the molecule is CC/C=C\C/C=C\C/C=C\CCCCCCCCCC(=O)OC(COC(=O)CCCCCCC/C=C\C/C=C\C/C=C\CC)COC(=O)CCCCCCCCCCCCCCCCCCCCCCC/C=C\CCCCCCCCCC. The van der Waals surface area contributed by atoms with Crippen LogP contribution >= 0.6 is 0 Å². The lowest BCUT2D eigenvalue weighted by Crippen LogP contribution is -2.30. The Morgan fingerprint density at radius 2 is 0.470 bits per heavy atom. The summed E-state index contributed by atoms with van der Waals surface area (Å²) in [5.41, 5.74) is 0. The van der Waals surface area contributed by atoms with Crippen LogP contribution in [0.2, 0.25) is 0 Å². The maximum Gasteiger partial charge on any atom is 0.306 e. The van der Waals surface area contributed by atoms with Gasteiger partial charge in [-0.05, 0) is 109 Å². The van der Waals surface area contributed by atoms with Crippen molar-refractivity contribution in [3.8, 4) is 0 Å². The normalized spacial score (nSPS) is 12.6. The molecule has 0 aromatic rings. The van der Waals surface area contributed by atoms with E-state index in [1.807, 2.05) is 0 Å². The lowest BCUT2D eigenvalue weighted by Gasteiger charge is -2.18. The summed E-state index contributed by atoms with van der Waals surface area (Å²) in [4.78, 5) is 38.4. The van der Waals surface area contributed by atoms with Crippen molar-refractivity contribution in [1.82, 2.24) is 0 Å². The molecule has 0 spiro atoms. The highest BCUT2D eigenvalue weighted by Gasteiger charge is 2.19. The molecule has 6 heteroatoms. The first kappa shape index (κ1) is 79.6. The van der Waals surface area contributed by atoms with E-state index in [0.29, 0.717) is 19.3 Å². The molecular weight excluding hydrogens is 1020 g/mol. The van der Waals surface area contributed by atoms with E-state index in [4.69, 9.17) is 14.2 Å². The van der Waals surface area contributed by atoms with Crippen molar-refractivity contribution in [2.75, 3.05) is 13.2 Å². The summed E-state index contributed by atoms with van der Waals surface area (Å²) in [5.74, 6) is -0.894. The molecular formula is C77H136O6. The van der Waals surface area contributed by atoms with Gasteiger partial charge in [-0.1, -0.05) is 324 Å². The van der Waals surface area contributed by atoms with Gasteiger partial charge < -0.3 is 14.2 Å². The standard InChI is InChI=1S/C77H136O6/c1-4-7-10-13-16-19-22-25-28-30-31-32-33-34-35-36-37-38-39-40-41-42-43-44-45-47-49-52-55-58-61-64-67-70-76(79)82-73-74(72-81-75(78)69-66-63-60-57-54-51-48-27-24-21-18-15-12-9-6-3)83-77(80)71-68-65-62-59-56-53-50-46-29-26-23-20-17-14-11-8-5-2/h8-9,11-12,17-18,20-21,26-27,29-31,48,74H,4-7,10,13-16,19,22-25,28,32-47,49-73H2,1-3H3/b11-8-,12-9-,20-17-,21-18-,29-26-,31-30-,48-27-. The molecule has 0 aliphatic heterocycles. The third-order valence-corrected chi connectivity index (χ3v) is 15.9. The van der Waals surface area contributed by atoms with E-state index < -0.39 is 6.10 Å². The van der Waals surface area contributed by atoms with Crippen LogP contribution in [0.5, 0.6) is 0 Å². The van der Waals surface area contributed by atoms with E-state index in [-0.39, 0.29) is 31.1 Å². The minimum atomic E-state index is -0.790. The topological polar surface area (TPSA) is 78.9 Å². The number of hydrogen-bond acceptors (Lipinski definition) is 6. The van der Waals surface area contributed by atoms with Gasteiger partial charge in [-0.3, -0.25) is 14.4 Å². The van der Waals surface area contributed by atoms with Crippen molar-refractivity contribution >= 4 is 17.9 Å². The molecule has 0 radical (unpaired) electrons. The van der Waals surface area contributed by atoms with Crippen molar-refractivity contribution in [1.29, 1.82) is 0 Å². The molecule has 0 amide bonds. The van der Waals surface area contributed by atoms with Gasteiger partial charge in [-0.2, -0.15) is 0 Å². The van der Waals surface area contributed by atoms with Crippen LogP contribution in [-0.4, -0.2) is 37.2 Å². The summed E-state index contributed by atoms with van der Waals surface area (Å²) >= 11 is 0. The molecule has 0 aliphatic rings.